The molecule has 2 atom stereocenters. The highest BCUT2D eigenvalue weighted by atomic mass is 19.1. The van der Waals surface area contributed by atoms with Crippen molar-refractivity contribution >= 4 is 11.9 Å². The highest BCUT2D eigenvalue weighted by Crippen LogP contribution is 2.57. The lowest BCUT2D eigenvalue weighted by Gasteiger charge is -2.59. The molecule has 4 heterocycles. The summed E-state index contributed by atoms with van der Waals surface area (Å²) in [4.78, 5) is 34.7. The van der Waals surface area contributed by atoms with Gasteiger partial charge in [0.05, 0.1) is 35.3 Å². The van der Waals surface area contributed by atoms with Crippen LogP contribution in [0.25, 0.3) is 0 Å². The van der Waals surface area contributed by atoms with E-state index < -0.39 is 5.41 Å². The lowest BCUT2D eigenvalue weighted by Crippen LogP contribution is -2.67. The van der Waals surface area contributed by atoms with Gasteiger partial charge in [-0.15, -0.1) is 0 Å². The molecule has 1 aromatic heterocycles. The van der Waals surface area contributed by atoms with E-state index in [-0.39, 0.29) is 29.8 Å². The Labute approximate surface area is 209 Å². The molecule has 8 nitrogen and oxygen atoms in total. The average molecular weight is 487 g/mol. The van der Waals surface area contributed by atoms with E-state index in [1.165, 1.54) is 12.1 Å². The Balaban J connectivity index is 1.32. The van der Waals surface area contributed by atoms with E-state index in [1.54, 1.807) is 40.4 Å². The highest BCUT2D eigenvalue weighted by molar-refractivity contribution is 5.93. The summed E-state index contributed by atoms with van der Waals surface area (Å²) in [5.41, 5.74) is 2.18. The number of benzene rings is 1. The number of pyridine rings is 1. The largest absolute Gasteiger partial charge is 0.384 e. The van der Waals surface area contributed by atoms with Crippen molar-refractivity contribution in [3.63, 3.8) is 0 Å². The Hall–Kier alpha value is -4.19. The van der Waals surface area contributed by atoms with E-state index in [0.717, 1.165) is 17.0 Å². The molecule has 5 rings (SSSR count). The van der Waals surface area contributed by atoms with Crippen LogP contribution in [-0.4, -0.2) is 46.4 Å². The van der Waals surface area contributed by atoms with Gasteiger partial charge in [-0.05, 0) is 55.7 Å². The maximum absolute atomic E-state index is 13.7. The molecule has 9 heteroatoms. The number of carbonyl (C=O) groups excluding carboxylic acids is 2. The Morgan fingerprint density at radius 2 is 2.00 bits per heavy atom. The number of aromatic nitrogens is 1. The SMILES string of the molecule is CC(NC(=O)N1CCC2(CC1)C(=O)N(C1=CC(C#N)=CNC1)C2c1ccccn1)c1ccc(F)cc1. The van der Waals surface area contributed by atoms with Gasteiger partial charge in [0.25, 0.3) is 0 Å². The van der Waals surface area contributed by atoms with Crippen molar-refractivity contribution in [1.82, 2.24) is 25.4 Å². The second kappa shape index (κ2) is 9.46. The van der Waals surface area contributed by atoms with E-state index in [9.17, 15) is 19.2 Å². The summed E-state index contributed by atoms with van der Waals surface area (Å²) in [6.45, 7) is 3.18. The standard InChI is InChI=1S/C27H27FN6O2/c1-18(20-5-7-21(28)8-6-20)32-26(36)33-12-9-27(10-13-33)24(23-4-2-3-11-31-23)34(25(27)35)22-14-19(15-29)16-30-17-22/h2-8,11,14,16,18,24,30H,9-10,12-13,17H2,1H3,(H,32,36). The molecular weight excluding hydrogens is 459 g/mol. The van der Waals surface area contributed by atoms with Gasteiger partial charge in [-0.2, -0.15) is 5.26 Å². The number of dihydropyridines is 1. The molecule has 3 amide bonds. The normalized spacial score (nSPS) is 21.5. The number of allylic oxidation sites excluding steroid dienone is 2. The Kier molecular flexibility index (Phi) is 6.18. The van der Waals surface area contributed by atoms with Crippen LogP contribution in [0.2, 0.25) is 0 Å². The predicted octanol–water partition coefficient (Wildman–Crippen LogP) is 3.55. The number of amides is 3. The fraction of sp³-hybridized carbons (Fsp3) is 0.333. The third kappa shape index (κ3) is 4.09. The van der Waals surface area contributed by atoms with E-state index >= 15 is 0 Å². The van der Waals surface area contributed by atoms with Gasteiger partial charge in [-0.1, -0.05) is 18.2 Å². The van der Waals surface area contributed by atoms with Crippen LogP contribution >= 0.6 is 0 Å². The smallest absolute Gasteiger partial charge is 0.317 e. The number of β-lactam (4-membered cyclic amide) rings is 1. The van der Waals surface area contributed by atoms with Crippen molar-refractivity contribution < 1.29 is 14.0 Å². The quantitative estimate of drug-likeness (QED) is 0.644. The predicted molar refractivity (Wildman–Crippen MR) is 130 cm³/mol. The van der Waals surface area contributed by atoms with Crippen molar-refractivity contribution in [2.75, 3.05) is 19.6 Å². The molecule has 0 bridgehead atoms. The monoisotopic (exact) mass is 486 g/mol. The second-order valence-corrected chi connectivity index (χ2v) is 9.43. The van der Waals surface area contributed by atoms with Crippen molar-refractivity contribution in [2.24, 2.45) is 5.41 Å². The number of likely N-dealkylation sites (tertiary alicyclic amines) is 2. The molecule has 3 aliphatic heterocycles. The van der Waals surface area contributed by atoms with Gasteiger partial charge in [0.2, 0.25) is 5.91 Å². The minimum atomic E-state index is -0.650. The number of hydrogen-bond acceptors (Lipinski definition) is 5. The number of nitrogens with zero attached hydrogens (tertiary/aromatic N) is 4. The van der Waals surface area contributed by atoms with Crippen molar-refractivity contribution in [3.8, 4) is 6.07 Å². The molecule has 2 fully saturated rings. The average Bonchev–Trinajstić information content (AvgIpc) is 2.92. The van der Waals surface area contributed by atoms with Crippen LogP contribution in [0.4, 0.5) is 9.18 Å². The highest BCUT2D eigenvalue weighted by Gasteiger charge is 2.63. The molecule has 1 spiro atoms. The first kappa shape index (κ1) is 23.5. The number of rotatable bonds is 4. The molecule has 2 saturated heterocycles. The number of hydrogen-bond donors (Lipinski definition) is 2. The first-order chi connectivity index (χ1) is 17.4. The molecule has 2 aromatic rings. The summed E-state index contributed by atoms with van der Waals surface area (Å²) >= 11 is 0. The van der Waals surface area contributed by atoms with Crippen molar-refractivity contribution in [2.45, 2.75) is 31.8 Å². The van der Waals surface area contributed by atoms with Crippen molar-refractivity contribution in [3.05, 3.63) is 89.3 Å². The molecule has 0 saturated carbocycles. The summed E-state index contributed by atoms with van der Waals surface area (Å²) in [7, 11) is 0. The van der Waals surface area contributed by atoms with Gasteiger partial charge >= 0.3 is 6.03 Å². The van der Waals surface area contributed by atoms with Gasteiger partial charge in [-0.25, -0.2) is 9.18 Å². The first-order valence-electron chi connectivity index (χ1n) is 12.0. The van der Waals surface area contributed by atoms with Gasteiger partial charge in [0.15, 0.2) is 0 Å². The first-order valence-corrected chi connectivity index (χ1v) is 12.0. The number of halogens is 1. The zero-order chi connectivity index (χ0) is 25.3. The van der Waals surface area contributed by atoms with E-state index in [1.807, 2.05) is 25.1 Å². The van der Waals surface area contributed by atoms with Crippen LogP contribution < -0.4 is 10.6 Å². The van der Waals surface area contributed by atoms with Crippen LogP contribution in [0, 0.1) is 22.6 Å². The summed E-state index contributed by atoms with van der Waals surface area (Å²) < 4.78 is 13.2. The number of carbonyl (C=O) groups is 2. The molecule has 3 aliphatic rings. The molecule has 0 radical (unpaired) electrons. The van der Waals surface area contributed by atoms with Gasteiger partial charge in [-0.3, -0.25) is 9.78 Å². The topological polar surface area (TPSA) is 101 Å². The molecule has 36 heavy (non-hydrogen) atoms. The minimum absolute atomic E-state index is 0.00475. The summed E-state index contributed by atoms with van der Waals surface area (Å²) in [6.07, 6.45) is 6.14. The molecule has 1 aromatic carbocycles. The fourth-order valence-corrected chi connectivity index (χ4v) is 5.37. The van der Waals surface area contributed by atoms with Crippen LogP contribution in [0.1, 0.15) is 43.1 Å². The molecular formula is C27H27FN6O2. The number of nitrogens with one attached hydrogen (secondary N) is 2. The summed E-state index contributed by atoms with van der Waals surface area (Å²) in [6, 6.07) is 13.1. The molecule has 2 N–H and O–H groups in total. The van der Waals surface area contributed by atoms with Gasteiger partial charge in [0, 0.05) is 31.2 Å². The molecule has 184 valence electrons. The number of piperidine rings is 1. The number of urea groups is 1. The maximum atomic E-state index is 13.7. The van der Waals surface area contributed by atoms with Crippen LogP contribution in [0.15, 0.2) is 72.2 Å². The molecule has 0 aliphatic carbocycles. The Morgan fingerprint density at radius 3 is 2.67 bits per heavy atom. The second-order valence-electron chi connectivity index (χ2n) is 9.43. The zero-order valence-electron chi connectivity index (χ0n) is 19.9. The number of nitriles is 1. The maximum Gasteiger partial charge on any atom is 0.317 e. The zero-order valence-corrected chi connectivity index (χ0v) is 19.9. The van der Waals surface area contributed by atoms with Gasteiger partial charge in [0.1, 0.15) is 11.9 Å². The van der Waals surface area contributed by atoms with Crippen LogP contribution in [-0.2, 0) is 4.79 Å². The summed E-state index contributed by atoms with van der Waals surface area (Å²) in [5, 5.41) is 15.4. The third-order valence-electron chi connectivity index (χ3n) is 7.35. The van der Waals surface area contributed by atoms with Crippen LogP contribution in [0.5, 0.6) is 0 Å². The van der Waals surface area contributed by atoms with Crippen molar-refractivity contribution in [1.29, 1.82) is 5.26 Å². The minimum Gasteiger partial charge on any atom is -0.384 e. The summed E-state index contributed by atoms with van der Waals surface area (Å²) in [5.74, 6) is -0.315. The lowest BCUT2D eigenvalue weighted by atomic mass is 9.63. The Bertz CT molecular complexity index is 1260. The Morgan fingerprint density at radius 1 is 1.25 bits per heavy atom. The van der Waals surface area contributed by atoms with E-state index in [0.29, 0.717) is 38.0 Å². The van der Waals surface area contributed by atoms with Gasteiger partial charge < -0.3 is 20.4 Å². The fourth-order valence-electron chi connectivity index (χ4n) is 5.37. The third-order valence-corrected chi connectivity index (χ3v) is 7.35. The van der Waals surface area contributed by atoms with E-state index in [4.69, 9.17) is 0 Å². The van der Waals surface area contributed by atoms with Crippen LogP contribution in [0.3, 0.4) is 0 Å². The lowest BCUT2D eigenvalue weighted by molar-refractivity contribution is -0.175. The van der Waals surface area contributed by atoms with E-state index in [2.05, 4.69) is 21.7 Å². The molecule has 2 unspecified atom stereocenters.